The van der Waals surface area contributed by atoms with Gasteiger partial charge in [-0.15, -0.1) is 0 Å². The molecular formula is C13H13BrN2OS. The number of halogens is 1. The molecular weight excluding hydrogens is 312 g/mol. The van der Waals surface area contributed by atoms with Crippen LogP contribution in [-0.2, 0) is 4.79 Å². The van der Waals surface area contributed by atoms with Crippen LogP contribution in [-0.4, -0.2) is 10.9 Å². The second-order valence-corrected chi connectivity index (χ2v) is 5.50. The minimum Gasteiger partial charge on any atom is -0.351 e. The lowest BCUT2D eigenvalue weighted by atomic mass is 9.93. The van der Waals surface area contributed by atoms with Crippen molar-refractivity contribution in [3.63, 3.8) is 0 Å². The molecule has 1 aliphatic heterocycles. The lowest BCUT2D eigenvalue weighted by Crippen LogP contribution is -2.44. The highest BCUT2D eigenvalue weighted by molar-refractivity contribution is 9.10. The molecule has 0 saturated heterocycles. The number of rotatable bonds is 2. The average molecular weight is 325 g/mol. The second-order valence-electron chi connectivity index (χ2n) is 4.18. The molecule has 0 fully saturated rings. The predicted octanol–water partition coefficient (Wildman–Crippen LogP) is 2.83. The first kappa shape index (κ1) is 13.2. The Hall–Kier alpha value is -1.20. The van der Waals surface area contributed by atoms with Crippen LogP contribution in [0.2, 0.25) is 0 Å². The van der Waals surface area contributed by atoms with Crippen molar-refractivity contribution >= 4 is 39.0 Å². The molecule has 3 nitrogen and oxygen atoms in total. The summed E-state index contributed by atoms with van der Waals surface area (Å²) < 4.78 is 1.01. The van der Waals surface area contributed by atoms with Gasteiger partial charge >= 0.3 is 0 Å². The summed E-state index contributed by atoms with van der Waals surface area (Å²) in [6.07, 6.45) is 0. The lowest BCUT2D eigenvalue weighted by Gasteiger charge is -2.29. The fraction of sp³-hybridized carbons (Fsp3) is 0.231. The van der Waals surface area contributed by atoms with Gasteiger partial charge in [0.2, 0.25) is 0 Å². The van der Waals surface area contributed by atoms with Crippen LogP contribution in [0.4, 0.5) is 0 Å². The monoisotopic (exact) mass is 324 g/mol. The van der Waals surface area contributed by atoms with Crippen LogP contribution in [0, 0.1) is 0 Å². The maximum Gasteiger partial charge on any atom is 0.171 e. The fourth-order valence-corrected chi connectivity index (χ4v) is 2.60. The Bertz CT molecular complexity index is 536. The Labute approximate surface area is 120 Å². The van der Waals surface area contributed by atoms with E-state index >= 15 is 0 Å². The minimum atomic E-state index is -0.177. The number of benzene rings is 1. The van der Waals surface area contributed by atoms with Crippen LogP contribution in [0.3, 0.4) is 0 Å². The van der Waals surface area contributed by atoms with Crippen LogP contribution in [0.5, 0.6) is 0 Å². The topological polar surface area (TPSA) is 41.1 Å². The Kier molecular flexibility index (Phi) is 3.82. The van der Waals surface area contributed by atoms with Gasteiger partial charge in [0.15, 0.2) is 10.9 Å². The largest absolute Gasteiger partial charge is 0.351 e. The Morgan fingerprint density at radius 2 is 1.94 bits per heavy atom. The molecule has 1 atom stereocenters. The van der Waals surface area contributed by atoms with E-state index in [1.54, 1.807) is 6.92 Å². The molecule has 0 aliphatic carbocycles. The molecule has 18 heavy (non-hydrogen) atoms. The summed E-state index contributed by atoms with van der Waals surface area (Å²) in [6.45, 7) is 3.44. The first-order chi connectivity index (χ1) is 8.49. The third kappa shape index (κ3) is 2.62. The van der Waals surface area contributed by atoms with Crippen molar-refractivity contribution in [1.29, 1.82) is 0 Å². The smallest absolute Gasteiger partial charge is 0.171 e. The molecule has 1 heterocycles. The number of carbonyl (C=O) groups is 1. The number of thiocarbonyl (C=S) groups is 1. The molecule has 2 rings (SSSR count). The number of ketones is 1. The minimum absolute atomic E-state index is 0.0444. The summed E-state index contributed by atoms with van der Waals surface area (Å²) in [6, 6.07) is 7.69. The van der Waals surface area contributed by atoms with Crippen LogP contribution in [0.15, 0.2) is 40.0 Å². The Morgan fingerprint density at radius 3 is 2.50 bits per heavy atom. The molecule has 2 N–H and O–H groups in total. The van der Waals surface area contributed by atoms with Crippen LogP contribution >= 0.6 is 28.1 Å². The van der Waals surface area contributed by atoms with E-state index < -0.39 is 0 Å². The number of carbonyl (C=O) groups excluding carboxylic acids is 1. The van der Waals surface area contributed by atoms with Crippen LogP contribution in [0.25, 0.3) is 0 Å². The molecule has 0 spiro atoms. The molecule has 0 radical (unpaired) electrons. The number of Topliss-reactive ketones (excluding diaryl/α,β-unsaturated/α-hetero) is 1. The molecule has 0 amide bonds. The van der Waals surface area contributed by atoms with Gasteiger partial charge in [-0.05, 0) is 43.8 Å². The first-order valence-corrected chi connectivity index (χ1v) is 6.74. The summed E-state index contributed by atoms with van der Waals surface area (Å²) in [5, 5.41) is 6.68. The van der Waals surface area contributed by atoms with Gasteiger partial charge in [0.05, 0.1) is 6.04 Å². The lowest BCUT2D eigenvalue weighted by molar-refractivity contribution is -0.114. The van der Waals surface area contributed by atoms with E-state index in [0.717, 1.165) is 21.3 Å². The van der Waals surface area contributed by atoms with E-state index in [1.807, 2.05) is 31.2 Å². The van der Waals surface area contributed by atoms with Gasteiger partial charge in [0.25, 0.3) is 0 Å². The summed E-state index contributed by atoms with van der Waals surface area (Å²) in [7, 11) is 0. The van der Waals surface area contributed by atoms with Crippen molar-refractivity contribution < 1.29 is 4.79 Å². The Balaban J connectivity index is 2.46. The van der Waals surface area contributed by atoms with E-state index in [4.69, 9.17) is 12.2 Å². The van der Waals surface area contributed by atoms with E-state index in [2.05, 4.69) is 26.6 Å². The molecule has 5 heteroatoms. The predicted molar refractivity (Wildman–Crippen MR) is 79.1 cm³/mol. The average Bonchev–Trinajstić information content (AvgIpc) is 2.28. The summed E-state index contributed by atoms with van der Waals surface area (Å²) in [4.78, 5) is 11.8. The molecule has 1 aromatic carbocycles. The van der Waals surface area contributed by atoms with Gasteiger partial charge in [-0.25, -0.2) is 0 Å². The number of allylic oxidation sites excluding steroid dienone is 1. The van der Waals surface area contributed by atoms with Crippen molar-refractivity contribution in [2.75, 3.05) is 0 Å². The van der Waals surface area contributed by atoms with Gasteiger partial charge in [-0.2, -0.15) is 0 Å². The summed E-state index contributed by atoms with van der Waals surface area (Å²) in [5.41, 5.74) is 2.57. The van der Waals surface area contributed by atoms with E-state index in [9.17, 15) is 4.79 Å². The fourth-order valence-electron chi connectivity index (χ4n) is 2.07. The molecule has 0 aromatic heterocycles. The number of nitrogens with one attached hydrogen (secondary N) is 2. The highest BCUT2D eigenvalue weighted by Crippen LogP contribution is 2.27. The van der Waals surface area contributed by atoms with Gasteiger partial charge in [-0.1, -0.05) is 28.1 Å². The normalized spacial score (nSPS) is 19.3. The maximum atomic E-state index is 11.8. The number of hydrogen-bond donors (Lipinski definition) is 2. The Morgan fingerprint density at radius 1 is 1.33 bits per heavy atom. The molecule has 0 bridgehead atoms. The molecule has 94 valence electrons. The summed E-state index contributed by atoms with van der Waals surface area (Å²) >= 11 is 8.55. The van der Waals surface area contributed by atoms with Crippen molar-refractivity contribution in [1.82, 2.24) is 10.6 Å². The standard InChI is InChI=1S/C13H13BrN2OS/c1-7-11(8(2)17)12(16-13(18)15-7)9-3-5-10(14)6-4-9/h3-6,12H,1-2H3,(H2,15,16,18)/t12-/m1/s1. The van der Waals surface area contributed by atoms with Crippen LogP contribution in [0.1, 0.15) is 25.5 Å². The SMILES string of the molecule is CC(=O)C1=C(C)NC(=S)N[C@@H]1c1ccc(Br)cc1. The highest BCUT2D eigenvalue weighted by Gasteiger charge is 2.27. The van der Waals surface area contributed by atoms with Crippen molar-refractivity contribution in [3.8, 4) is 0 Å². The highest BCUT2D eigenvalue weighted by atomic mass is 79.9. The quantitative estimate of drug-likeness (QED) is 0.821. The van der Waals surface area contributed by atoms with Crippen molar-refractivity contribution in [3.05, 3.63) is 45.6 Å². The zero-order valence-electron chi connectivity index (χ0n) is 10.1. The third-order valence-electron chi connectivity index (χ3n) is 2.85. The molecule has 1 aliphatic rings. The molecule has 0 saturated carbocycles. The first-order valence-electron chi connectivity index (χ1n) is 5.53. The zero-order chi connectivity index (χ0) is 13.3. The zero-order valence-corrected chi connectivity index (χ0v) is 12.5. The van der Waals surface area contributed by atoms with E-state index in [-0.39, 0.29) is 11.8 Å². The van der Waals surface area contributed by atoms with Crippen molar-refractivity contribution in [2.24, 2.45) is 0 Å². The van der Waals surface area contributed by atoms with E-state index in [1.165, 1.54) is 0 Å². The summed E-state index contributed by atoms with van der Waals surface area (Å²) in [5.74, 6) is 0.0444. The van der Waals surface area contributed by atoms with Gasteiger partial charge in [-0.3, -0.25) is 4.79 Å². The van der Waals surface area contributed by atoms with Gasteiger partial charge < -0.3 is 10.6 Å². The third-order valence-corrected chi connectivity index (χ3v) is 3.60. The van der Waals surface area contributed by atoms with Gasteiger partial charge in [0, 0.05) is 15.7 Å². The van der Waals surface area contributed by atoms with E-state index in [0.29, 0.717) is 5.11 Å². The second kappa shape index (κ2) is 5.20. The molecule has 1 aromatic rings. The molecule has 0 unspecified atom stereocenters. The van der Waals surface area contributed by atoms with Gasteiger partial charge in [0.1, 0.15) is 0 Å². The van der Waals surface area contributed by atoms with Crippen LogP contribution < -0.4 is 10.6 Å². The van der Waals surface area contributed by atoms with Crippen molar-refractivity contribution in [2.45, 2.75) is 19.9 Å². The maximum absolute atomic E-state index is 11.8. The number of hydrogen-bond acceptors (Lipinski definition) is 2.